The maximum absolute atomic E-state index is 11.7. The van der Waals surface area contributed by atoms with Gasteiger partial charge in [-0.3, -0.25) is 9.36 Å². The maximum Gasteiger partial charge on any atom is 0.254 e. The Hall–Kier alpha value is -1.80. The Morgan fingerprint density at radius 2 is 2.31 bits per heavy atom. The van der Waals surface area contributed by atoms with E-state index in [4.69, 9.17) is 11.0 Å². The Balaban J connectivity index is 3.41. The molecule has 1 heterocycles. The van der Waals surface area contributed by atoms with Crippen LogP contribution in [-0.2, 0) is 0 Å². The lowest BCUT2D eigenvalue weighted by Gasteiger charge is -2.17. The van der Waals surface area contributed by atoms with E-state index >= 15 is 0 Å². The number of nitriles is 1. The molecule has 1 unspecified atom stereocenters. The molecule has 5 heteroatoms. The van der Waals surface area contributed by atoms with E-state index in [1.54, 1.807) is 6.92 Å². The molecule has 5 nitrogen and oxygen atoms in total. The summed E-state index contributed by atoms with van der Waals surface area (Å²) in [6.07, 6.45) is 0.773. The smallest absolute Gasteiger partial charge is 0.254 e. The summed E-state index contributed by atoms with van der Waals surface area (Å²) in [5.74, 6) is -0.339. The fraction of sp³-hybridized carbons (Fsp3) is 0.455. The number of aromatic hydroxyl groups is 1. The quantitative estimate of drug-likeness (QED) is 0.796. The Kier molecular flexibility index (Phi) is 3.69. The molecule has 0 fully saturated rings. The summed E-state index contributed by atoms with van der Waals surface area (Å²) in [6.45, 7) is 3.54. The van der Waals surface area contributed by atoms with Gasteiger partial charge in [0.1, 0.15) is 11.6 Å². The highest BCUT2D eigenvalue weighted by molar-refractivity contribution is 5.43. The fourth-order valence-corrected chi connectivity index (χ4v) is 1.61. The summed E-state index contributed by atoms with van der Waals surface area (Å²) < 4.78 is 1.06. The van der Waals surface area contributed by atoms with Gasteiger partial charge in [0.15, 0.2) is 0 Å². The zero-order valence-corrected chi connectivity index (χ0v) is 9.40. The molecule has 1 aromatic heterocycles. The van der Waals surface area contributed by atoms with E-state index in [1.807, 2.05) is 13.0 Å². The van der Waals surface area contributed by atoms with E-state index in [2.05, 4.69) is 0 Å². The molecule has 3 N–H and O–H groups in total. The normalized spacial score (nSPS) is 12.1. The third kappa shape index (κ3) is 2.07. The fourth-order valence-electron chi connectivity index (χ4n) is 1.61. The van der Waals surface area contributed by atoms with E-state index in [9.17, 15) is 9.90 Å². The van der Waals surface area contributed by atoms with Gasteiger partial charge in [0, 0.05) is 6.07 Å². The lowest BCUT2D eigenvalue weighted by molar-refractivity contribution is 0.357. The Morgan fingerprint density at radius 3 is 2.81 bits per heavy atom. The predicted octanol–water partition coefficient (Wildman–Crippen LogP) is 0.991. The molecular weight excluding hydrogens is 206 g/mol. The Bertz CT molecular complexity index is 485. The number of pyridine rings is 1. The van der Waals surface area contributed by atoms with Gasteiger partial charge < -0.3 is 10.8 Å². The maximum atomic E-state index is 11.7. The second-order valence-corrected chi connectivity index (χ2v) is 3.70. The van der Waals surface area contributed by atoms with Crippen LogP contribution >= 0.6 is 0 Å². The number of aromatic nitrogens is 1. The van der Waals surface area contributed by atoms with Gasteiger partial charge in [-0.05, 0) is 18.9 Å². The van der Waals surface area contributed by atoms with Crippen molar-refractivity contribution in [1.82, 2.24) is 4.57 Å². The van der Waals surface area contributed by atoms with Crippen LogP contribution in [0.5, 0.6) is 5.88 Å². The van der Waals surface area contributed by atoms with Crippen LogP contribution in [0.3, 0.4) is 0 Å². The molecule has 1 atom stereocenters. The summed E-state index contributed by atoms with van der Waals surface area (Å²) in [5, 5.41) is 18.7. The van der Waals surface area contributed by atoms with Gasteiger partial charge in [0.2, 0.25) is 5.88 Å². The summed E-state index contributed by atoms with van der Waals surface area (Å²) in [5.41, 5.74) is 5.96. The van der Waals surface area contributed by atoms with Crippen molar-refractivity contribution in [3.63, 3.8) is 0 Å². The van der Waals surface area contributed by atoms with E-state index < -0.39 is 6.17 Å². The van der Waals surface area contributed by atoms with Gasteiger partial charge in [0.05, 0.1) is 6.17 Å². The minimum absolute atomic E-state index is 0.103. The molecule has 0 aliphatic carbocycles. The highest BCUT2D eigenvalue weighted by Crippen LogP contribution is 2.20. The lowest BCUT2D eigenvalue weighted by atomic mass is 10.1. The van der Waals surface area contributed by atoms with Crippen molar-refractivity contribution in [1.29, 1.82) is 5.26 Å². The molecule has 0 saturated heterocycles. The van der Waals surface area contributed by atoms with Crippen LogP contribution in [-0.4, -0.2) is 9.67 Å². The van der Waals surface area contributed by atoms with Crippen molar-refractivity contribution in [2.75, 3.05) is 0 Å². The van der Waals surface area contributed by atoms with Gasteiger partial charge in [-0.1, -0.05) is 13.3 Å². The van der Waals surface area contributed by atoms with Crippen LogP contribution in [0.1, 0.15) is 37.1 Å². The van der Waals surface area contributed by atoms with Crippen molar-refractivity contribution < 1.29 is 5.11 Å². The first-order valence-electron chi connectivity index (χ1n) is 5.13. The van der Waals surface area contributed by atoms with Crippen molar-refractivity contribution in [3.05, 3.63) is 27.5 Å². The van der Waals surface area contributed by atoms with Crippen LogP contribution in [0.15, 0.2) is 10.9 Å². The van der Waals surface area contributed by atoms with Gasteiger partial charge in [-0.25, -0.2) is 0 Å². The van der Waals surface area contributed by atoms with Crippen LogP contribution in [0, 0.1) is 18.3 Å². The predicted molar refractivity (Wildman–Crippen MR) is 60.0 cm³/mol. The van der Waals surface area contributed by atoms with Crippen LogP contribution in [0.25, 0.3) is 0 Å². The number of nitrogens with zero attached hydrogens (tertiary/aromatic N) is 2. The molecule has 0 saturated carbocycles. The molecule has 1 aromatic rings. The van der Waals surface area contributed by atoms with E-state index in [0.29, 0.717) is 12.0 Å². The minimum atomic E-state index is -0.592. The summed E-state index contributed by atoms with van der Waals surface area (Å²) >= 11 is 0. The Labute approximate surface area is 93.7 Å². The zero-order valence-electron chi connectivity index (χ0n) is 9.40. The monoisotopic (exact) mass is 221 g/mol. The molecule has 0 radical (unpaired) electrons. The molecule has 1 rings (SSSR count). The number of nitrogens with two attached hydrogens (primary N) is 1. The summed E-state index contributed by atoms with van der Waals surface area (Å²) in [7, 11) is 0. The SMILES string of the molecule is CCCC(N)n1c(O)c(C#N)c(C)cc1=O. The van der Waals surface area contributed by atoms with Crippen LogP contribution < -0.4 is 11.3 Å². The summed E-state index contributed by atoms with van der Waals surface area (Å²) in [6, 6.07) is 3.18. The van der Waals surface area contributed by atoms with Crippen molar-refractivity contribution in [2.24, 2.45) is 5.73 Å². The number of hydrogen-bond acceptors (Lipinski definition) is 4. The molecule has 0 aromatic carbocycles. The second kappa shape index (κ2) is 4.81. The number of rotatable bonds is 3. The molecule has 16 heavy (non-hydrogen) atoms. The van der Waals surface area contributed by atoms with Crippen molar-refractivity contribution in [3.8, 4) is 11.9 Å². The number of aryl methyl sites for hydroxylation is 1. The topological polar surface area (TPSA) is 92.0 Å². The van der Waals surface area contributed by atoms with E-state index in [-0.39, 0.29) is 17.0 Å². The van der Waals surface area contributed by atoms with Gasteiger partial charge in [-0.15, -0.1) is 0 Å². The zero-order chi connectivity index (χ0) is 12.3. The van der Waals surface area contributed by atoms with E-state index in [1.165, 1.54) is 6.07 Å². The minimum Gasteiger partial charge on any atom is -0.493 e. The molecule has 0 amide bonds. The molecular formula is C11H15N3O2. The average molecular weight is 221 g/mol. The highest BCUT2D eigenvalue weighted by atomic mass is 16.3. The number of hydrogen-bond donors (Lipinski definition) is 2. The first kappa shape index (κ1) is 12.3. The molecule has 0 aliphatic rings. The third-order valence-corrected chi connectivity index (χ3v) is 2.45. The third-order valence-electron chi connectivity index (χ3n) is 2.45. The molecule has 0 bridgehead atoms. The van der Waals surface area contributed by atoms with Gasteiger partial charge in [-0.2, -0.15) is 5.26 Å². The summed E-state index contributed by atoms with van der Waals surface area (Å²) in [4.78, 5) is 11.7. The first-order chi connectivity index (χ1) is 7.52. The molecule has 0 aliphatic heterocycles. The second-order valence-electron chi connectivity index (χ2n) is 3.70. The largest absolute Gasteiger partial charge is 0.493 e. The van der Waals surface area contributed by atoms with Crippen LogP contribution in [0.4, 0.5) is 0 Å². The van der Waals surface area contributed by atoms with E-state index in [0.717, 1.165) is 11.0 Å². The van der Waals surface area contributed by atoms with Crippen LogP contribution in [0.2, 0.25) is 0 Å². The van der Waals surface area contributed by atoms with Crippen molar-refractivity contribution in [2.45, 2.75) is 32.9 Å². The highest BCUT2D eigenvalue weighted by Gasteiger charge is 2.16. The first-order valence-corrected chi connectivity index (χ1v) is 5.13. The lowest BCUT2D eigenvalue weighted by Crippen LogP contribution is -2.30. The molecule has 0 spiro atoms. The average Bonchev–Trinajstić information content (AvgIpc) is 2.17. The standard InChI is InChI=1S/C11H15N3O2/c1-3-4-9(13)14-10(15)5-7(2)8(6-12)11(14)16/h5,9,16H,3-4,13H2,1-2H3. The van der Waals surface area contributed by atoms with Crippen molar-refractivity contribution >= 4 is 0 Å². The van der Waals surface area contributed by atoms with Gasteiger partial charge in [0.25, 0.3) is 5.56 Å². The Morgan fingerprint density at radius 1 is 1.69 bits per heavy atom. The molecule has 86 valence electrons. The van der Waals surface area contributed by atoms with Gasteiger partial charge >= 0.3 is 0 Å².